The van der Waals surface area contributed by atoms with Crippen molar-refractivity contribution in [1.82, 2.24) is 4.72 Å². The van der Waals surface area contributed by atoms with Gasteiger partial charge in [0.1, 0.15) is 5.82 Å². The summed E-state index contributed by atoms with van der Waals surface area (Å²) >= 11 is 0. The second-order valence-electron chi connectivity index (χ2n) is 5.08. The SMILES string of the molecule is Cc1ccc(F)cc1S(=O)(=O)N[C@H]1CCC[C@@H]1C(N)=O. The van der Waals surface area contributed by atoms with Crippen LogP contribution >= 0.6 is 0 Å². The lowest BCUT2D eigenvalue weighted by Crippen LogP contribution is -2.42. The average Bonchev–Trinajstić information content (AvgIpc) is 2.79. The molecule has 5 nitrogen and oxygen atoms in total. The van der Waals surface area contributed by atoms with E-state index in [2.05, 4.69) is 4.72 Å². The molecule has 0 aromatic heterocycles. The Morgan fingerprint density at radius 3 is 2.75 bits per heavy atom. The first-order valence-corrected chi connectivity index (χ1v) is 7.87. The number of primary amides is 1. The molecule has 1 amide bonds. The molecular formula is C13H17FN2O3S. The number of carbonyl (C=O) groups is 1. The number of amides is 1. The minimum atomic E-state index is -3.86. The third-order valence-electron chi connectivity index (χ3n) is 3.63. The van der Waals surface area contributed by atoms with Gasteiger partial charge in [0.2, 0.25) is 15.9 Å². The van der Waals surface area contributed by atoms with Gasteiger partial charge < -0.3 is 5.73 Å². The standard InChI is InChI=1S/C13H17FN2O3S/c1-8-5-6-9(14)7-12(8)20(18,19)16-11-4-2-3-10(11)13(15)17/h5-7,10-11,16H,2-4H2,1H3,(H2,15,17)/t10-,11-/m0/s1. The number of aryl methyl sites for hydroxylation is 1. The quantitative estimate of drug-likeness (QED) is 0.871. The summed E-state index contributed by atoms with van der Waals surface area (Å²) in [6, 6.07) is 3.08. The van der Waals surface area contributed by atoms with E-state index in [9.17, 15) is 17.6 Å². The second-order valence-corrected chi connectivity index (χ2v) is 6.76. The van der Waals surface area contributed by atoms with Crippen molar-refractivity contribution in [3.8, 4) is 0 Å². The Morgan fingerprint density at radius 2 is 2.10 bits per heavy atom. The molecule has 0 radical (unpaired) electrons. The predicted octanol–water partition coefficient (Wildman–Crippen LogP) is 1.07. The van der Waals surface area contributed by atoms with E-state index >= 15 is 0 Å². The zero-order chi connectivity index (χ0) is 14.9. The van der Waals surface area contributed by atoms with Crippen LogP contribution < -0.4 is 10.5 Å². The summed E-state index contributed by atoms with van der Waals surface area (Å²) in [6.45, 7) is 1.59. The van der Waals surface area contributed by atoms with Crippen molar-refractivity contribution >= 4 is 15.9 Å². The van der Waals surface area contributed by atoms with Crippen LogP contribution in [0.15, 0.2) is 23.1 Å². The zero-order valence-electron chi connectivity index (χ0n) is 11.1. The van der Waals surface area contributed by atoms with Crippen LogP contribution in [-0.2, 0) is 14.8 Å². The molecule has 2 rings (SSSR count). The molecule has 0 bridgehead atoms. The smallest absolute Gasteiger partial charge is 0.241 e. The van der Waals surface area contributed by atoms with E-state index in [0.29, 0.717) is 18.4 Å². The Hall–Kier alpha value is -1.47. The number of nitrogens with one attached hydrogen (secondary N) is 1. The average molecular weight is 300 g/mol. The summed E-state index contributed by atoms with van der Waals surface area (Å²) in [4.78, 5) is 11.2. The number of sulfonamides is 1. The molecule has 7 heteroatoms. The first-order valence-electron chi connectivity index (χ1n) is 6.39. The van der Waals surface area contributed by atoms with Crippen molar-refractivity contribution in [2.45, 2.75) is 37.1 Å². The monoisotopic (exact) mass is 300 g/mol. The summed E-state index contributed by atoms with van der Waals surface area (Å²) in [5, 5.41) is 0. The van der Waals surface area contributed by atoms with E-state index in [0.717, 1.165) is 12.5 Å². The topological polar surface area (TPSA) is 89.3 Å². The van der Waals surface area contributed by atoms with Crippen molar-refractivity contribution in [3.05, 3.63) is 29.6 Å². The molecule has 0 aliphatic heterocycles. The molecule has 0 saturated heterocycles. The van der Waals surface area contributed by atoms with Crippen molar-refractivity contribution in [1.29, 1.82) is 0 Å². The van der Waals surface area contributed by atoms with Gasteiger partial charge in [-0.3, -0.25) is 4.79 Å². The van der Waals surface area contributed by atoms with Gasteiger partial charge in [-0.2, -0.15) is 0 Å². The summed E-state index contributed by atoms with van der Waals surface area (Å²) in [5.41, 5.74) is 5.72. The van der Waals surface area contributed by atoms with Gasteiger partial charge in [0.05, 0.1) is 10.8 Å². The molecule has 1 aliphatic rings. The molecule has 0 heterocycles. The molecule has 3 N–H and O–H groups in total. The number of nitrogens with two attached hydrogens (primary N) is 1. The van der Waals surface area contributed by atoms with E-state index < -0.39 is 33.7 Å². The van der Waals surface area contributed by atoms with Crippen LogP contribution in [0.3, 0.4) is 0 Å². The molecule has 1 fully saturated rings. The summed E-state index contributed by atoms with van der Waals surface area (Å²) in [5.74, 6) is -1.63. The lowest BCUT2D eigenvalue weighted by molar-refractivity contribution is -0.122. The van der Waals surface area contributed by atoms with Crippen LogP contribution in [0.2, 0.25) is 0 Å². The van der Waals surface area contributed by atoms with Crippen molar-refractivity contribution in [3.63, 3.8) is 0 Å². The Kier molecular flexibility index (Phi) is 4.10. The molecular weight excluding hydrogens is 283 g/mol. The number of carbonyl (C=O) groups excluding carboxylic acids is 1. The van der Waals surface area contributed by atoms with Gasteiger partial charge in [-0.25, -0.2) is 17.5 Å². The highest BCUT2D eigenvalue weighted by atomic mass is 32.2. The van der Waals surface area contributed by atoms with Crippen molar-refractivity contribution < 1.29 is 17.6 Å². The minimum absolute atomic E-state index is 0.104. The molecule has 110 valence electrons. The molecule has 1 aliphatic carbocycles. The summed E-state index contributed by atoms with van der Waals surface area (Å²) in [6.07, 6.45) is 1.87. The van der Waals surface area contributed by atoms with Crippen LogP contribution in [0.5, 0.6) is 0 Å². The van der Waals surface area contributed by atoms with E-state index in [1.165, 1.54) is 12.1 Å². The summed E-state index contributed by atoms with van der Waals surface area (Å²) in [7, 11) is -3.86. The van der Waals surface area contributed by atoms with Crippen LogP contribution in [0, 0.1) is 18.7 Å². The van der Waals surface area contributed by atoms with Crippen molar-refractivity contribution in [2.24, 2.45) is 11.7 Å². The Bertz CT molecular complexity index is 631. The van der Waals surface area contributed by atoms with Crippen LogP contribution in [0.1, 0.15) is 24.8 Å². The normalized spacial score (nSPS) is 22.9. The fourth-order valence-corrected chi connectivity index (χ4v) is 4.14. The number of benzene rings is 1. The minimum Gasteiger partial charge on any atom is -0.369 e. The Balaban J connectivity index is 2.27. The number of hydrogen-bond donors (Lipinski definition) is 2. The lowest BCUT2D eigenvalue weighted by Gasteiger charge is -2.19. The van der Waals surface area contributed by atoms with E-state index in [1.54, 1.807) is 6.92 Å². The van der Waals surface area contributed by atoms with Gasteiger partial charge in [-0.1, -0.05) is 12.5 Å². The predicted molar refractivity (Wildman–Crippen MR) is 71.8 cm³/mol. The van der Waals surface area contributed by atoms with Gasteiger partial charge in [-0.15, -0.1) is 0 Å². The first-order chi connectivity index (χ1) is 9.31. The molecule has 1 aromatic rings. The van der Waals surface area contributed by atoms with Gasteiger partial charge in [-0.05, 0) is 37.5 Å². The largest absolute Gasteiger partial charge is 0.369 e. The Morgan fingerprint density at radius 1 is 1.40 bits per heavy atom. The number of halogens is 1. The number of rotatable bonds is 4. The first kappa shape index (κ1) is 14.9. The molecule has 0 unspecified atom stereocenters. The van der Waals surface area contributed by atoms with Crippen LogP contribution in [0.25, 0.3) is 0 Å². The van der Waals surface area contributed by atoms with E-state index in [-0.39, 0.29) is 4.90 Å². The maximum atomic E-state index is 13.2. The van der Waals surface area contributed by atoms with Crippen molar-refractivity contribution in [2.75, 3.05) is 0 Å². The molecule has 2 atom stereocenters. The molecule has 1 aromatic carbocycles. The third kappa shape index (κ3) is 2.99. The maximum absolute atomic E-state index is 13.2. The molecule has 1 saturated carbocycles. The van der Waals surface area contributed by atoms with E-state index in [4.69, 9.17) is 5.73 Å². The highest BCUT2D eigenvalue weighted by molar-refractivity contribution is 7.89. The maximum Gasteiger partial charge on any atom is 0.241 e. The highest BCUT2D eigenvalue weighted by Crippen LogP contribution is 2.27. The van der Waals surface area contributed by atoms with Gasteiger partial charge in [0.15, 0.2) is 0 Å². The third-order valence-corrected chi connectivity index (χ3v) is 5.26. The fraction of sp³-hybridized carbons (Fsp3) is 0.462. The van der Waals surface area contributed by atoms with Gasteiger partial charge in [0.25, 0.3) is 0 Å². The molecule has 0 spiro atoms. The van der Waals surface area contributed by atoms with Gasteiger partial charge in [0, 0.05) is 6.04 Å². The van der Waals surface area contributed by atoms with E-state index in [1.807, 2.05) is 0 Å². The Labute approximate surface area is 117 Å². The van der Waals surface area contributed by atoms with Crippen LogP contribution in [-0.4, -0.2) is 20.4 Å². The summed E-state index contributed by atoms with van der Waals surface area (Å²) < 4.78 is 40.3. The number of hydrogen-bond acceptors (Lipinski definition) is 3. The zero-order valence-corrected chi connectivity index (χ0v) is 11.9. The second kappa shape index (κ2) is 5.49. The molecule has 20 heavy (non-hydrogen) atoms. The van der Waals surface area contributed by atoms with Crippen LogP contribution in [0.4, 0.5) is 4.39 Å². The van der Waals surface area contributed by atoms with Gasteiger partial charge >= 0.3 is 0 Å². The highest BCUT2D eigenvalue weighted by Gasteiger charge is 2.35. The fourth-order valence-electron chi connectivity index (χ4n) is 2.57. The lowest BCUT2D eigenvalue weighted by atomic mass is 10.0.